The predicted molar refractivity (Wildman–Crippen MR) is 100 cm³/mol. The van der Waals surface area contributed by atoms with Gasteiger partial charge in [0.05, 0.1) is 33.2 Å². The van der Waals surface area contributed by atoms with Gasteiger partial charge in [0.1, 0.15) is 11.5 Å². The van der Waals surface area contributed by atoms with Gasteiger partial charge in [0, 0.05) is 16.7 Å². The molecule has 0 fully saturated rings. The quantitative estimate of drug-likeness (QED) is 0.809. The summed E-state index contributed by atoms with van der Waals surface area (Å²) in [5.74, 6) is -0.527. The minimum absolute atomic E-state index is 0.164. The number of methoxy groups -OCH3 is 3. The van der Waals surface area contributed by atoms with Crippen LogP contribution in [0.5, 0.6) is 11.5 Å². The summed E-state index contributed by atoms with van der Waals surface area (Å²) >= 11 is 0. The molecule has 6 nitrogen and oxygen atoms in total. The number of aryl methyl sites for hydroxylation is 1. The molecule has 0 bridgehead atoms. The van der Waals surface area contributed by atoms with Gasteiger partial charge >= 0.3 is 11.9 Å². The van der Waals surface area contributed by atoms with Crippen molar-refractivity contribution >= 4 is 22.7 Å². The second kappa shape index (κ2) is 7.10. The average Bonchev–Trinajstić information content (AvgIpc) is 2.67. The van der Waals surface area contributed by atoms with Gasteiger partial charge in [-0.15, -0.1) is 0 Å². The van der Waals surface area contributed by atoms with Gasteiger partial charge in [-0.1, -0.05) is 12.1 Å². The highest BCUT2D eigenvalue weighted by molar-refractivity contribution is 5.97. The highest BCUT2D eigenvalue weighted by Crippen LogP contribution is 2.52. The Balaban J connectivity index is 2.34. The molecule has 2 aromatic carbocycles. The molecule has 0 heterocycles. The lowest BCUT2D eigenvalue weighted by Gasteiger charge is -2.40. The fourth-order valence-corrected chi connectivity index (χ4v) is 4.31. The molecule has 0 amide bonds. The summed E-state index contributed by atoms with van der Waals surface area (Å²) in [6, 6.07) is 7.59. The average molecular weight is 372 g/mol. The van der Waals surface area contributed by atoms with E-state index in [1.165, 1.54) is 7.11 Å². The molecule has 0 aliphatic heterocycles. The summed E-state index contributed by atoms with van der Waals surface area (Å²) in [6.45, 7) is 1.79. The van der Waals surface area contributed by atoms with Crippen LogP contribution in [0.15, 0.2) is 24.3 Å². The fraction of sp³-hybridized carbons (Fsp3) is 0.429. The van der Waals surface area contributed by atoms with E-state index in [2.05, 4.69) is 0 Å². The first-order chi connectivity index (χ1) is 12.9. The lowest BCUT2D eigenvalue weighted by Crippen LogP contribution is -2.40. The van der Waals surface area contributed by atoms with Crippen molar-refractivity contribution in [2.45, 2.75) is 32.1 Å². The normalized spacial score (nSPS) is 21.4. The number of hydrogen-bond acceptors (Lipinski definition) is 5. The van der Waals surface area contributed by atoms with Crippen LogP contribution in [-0.2, 0) is 20.7 Å². The van der Waals surface area contributed by atoms with Crippen LogP contribution in [0.1, 0.15) is 36.8 Å². The molecule has 1 N–H and O–H groups in total. The molecule has 0 aromatic heterocycles. The van der Waals surface area contributed by atoms with Crippen molar-refractivity contribution in [2.75, 3.05) is 21.3 Å². The molecule has 1 aliphatic rings. The van der Waals surface area contributed by atoms with Crippen LogP contribution in [0.25, 0.3) is 10.8 Å². The van der Waals surface area contributed by atoms with Gasteiger partial charge in [-0.25, -0.2) is 0 Å². The summed E-state index contributed by atoms with van der Waals surface area (Å²) in [7, 11) is 4.52. The molecule has 6 heteroatoms. The first kappa shape index (κ1) is 19.0. The first-order valence-electron chi connectivity index (χ1n) is 8.84. The van der Waals surface area contributed by atoms with Gasteiger partial charge < -0.3 is 19.3 Å². The van der Waals surface area contributed by atoms with Crippen LogP contribution in [0.3, 0.4) is 0 Å². The summed E-state index contributed by atoms with van der Waals surface area (Å²) in [5, 5.41) is 11.3. The second-order valence-corrected chi connectivity index (χ2v) is 7.09. The molecule has 0 saturated carbocycles. The van der Waals surface area contributed by atoms with Crippen molar-refractivity contribution in [1.29, 1.82) is 0 Å². The molecule has 1 aliphatic carbocycles. The minimum atomic E-state index is -0.956. The molecule has 0 saturated heterocycles. The van der Waals surface area contributed by atoms with Crippen LogP contribution in [0.4, 0.5) is 0 Å². The van der Waals surface area contributed by atoms with Crippen LogP contribution >= 0.6 is 0 Å². The van der Waals surface area contributed by atoms with Crippen molar-refractivity contribution in [2.24, 2.45) is 5.41 Å². The number of carboxylic acid groups (broad SMARTS) is 1. The van der Waals surface area contributed by atoms with E-state index in [0.29, 0.717) is 24.3 Å². The topological polar surface area (TPSA) is 82.1 Å². The van der Waals surface area contributed by atoms with Gasteiger partial charge in [0.15, 0.2) is 0 Å². The fourth-order valence-electron chi connectivity index (χ4n) is 4.31. The van der Waals surface area contributed by atoms with Gasteiger partial charge in [-0.05, 0) is 43.0 Å². The Morgan fingerprint density at radius 1 is 1.19 bits per heavy atom. The van der Waals surface area contributed by atoms with Gasteiger partial charge in [0.25, 0.3) is 0 Å². The third-order valence-corrected chi connectivity index (χ3v) is 5.74. The van der Waals surface area contributed by atoms with E-state index in [1.807, 2.05) is 24.3 Å². The third-order valence-electron chi connectivity index (χ3n) is 5.74. The lowest BCUT2D eigenvalue weighted by molar-refractivity contribution is -0.155. The predicted octanol–water partition coefficient (Wildman–Crippen LogP) is 3.54. The Kier molecular flexibility index (Phi) is 5.00. The van der Waals surface area contributed by atoms with E-state index >= 15 is 0 Å². The van der Waals surface area contributed by atoms with Crippen molar-refractivity contribution in [3.05, 3.63) is 35.4 Å². The SMILES string of the molecule is COC(=O)[C@@]1(C)CCc2c(cc(OC)c3cccc(OC)c23)[C@H]1CC(=O)O. The number of esters is 1. The minimum Gasteiger partial charge on any atom is -0.496 e. The maximum absolute atomic E-state index is 12.6. The summed E-state index contributed by atoms with van der Waals surface area (Å²) in [6.07, 6.45) is 0.963. The number of carbonyl (C=O) groups is 2. The molecule has 144 valence electrons. The number of aliphatic carboxylic acids is 1. The zero-order valence-electron chi connectivity index (χ0n) is 16.0. The second-order valence-electron chi connectivity index (χ2n) is 7.09. The van der Waals surface area contributed by atoms with Crippen molar-refractivity contribution in [3.63, 3.8) is 0 Å². The highest BCUT2D eigenvalue weighted by Gasteiger charge is 2.47. The number of carboxylic acids is 1. The number of benzene rings is 2. The van der Waals surface area contributed by atoms with Crippen LogP contribution in [-0.4, -0.2) is 38.4 Å². The Bertz CT molecular complexity index is 903. The largest absolute Gasteiger partial charge is 0.496 e. The molecule has 0 radical (unpaired) electrons. The molecular weight excluding hydrogens is 348 g/mol. The Hall–Kier alpha value is -2.76. The molecule has 2 aromatic rings. The zero-order valence-corrected chi connectivity index (χ0v) is 16.0. The number of carbonyl (C=O) groups excluding carboxylic acids is 1. The molecule has 3 rings (SSSR count). The van der Waals surface area contributed by atoms with Gasteiger partial charge in [-0.2, -0.15) is 0 Å². The van der Waals surface area contributed by atoms with E-state index in [1.54, 1.807) is 21.1 Å². The first-order valence-corrected chi connectivity index (χ1v) is 8.84. The molecular formula is C21H24O6. The molecule has 0 unspecified atom stereocenters. The van der Waals surface area contributed by atoms with E-state index in [4.69, 9.17) is 14.2 Å². The molecule has 27 heavy (non-hydrogen) atoms. The van der Waals surface area contributed by atoms with E-state index < -0.39 is 23.3 Å². The van der Waals surface area contributed by atoms with Gasteiger partial charge in [-0.3, -0.25) is 9.59 Å². The van der Waals surface area contributed by atoms with Crippen molar-refractivity contribution in [3.8, 4) is 11.5 Å². The lowest BCUT2D eigenvalue weighted by atomic mass is 9.63. The highest BCUT2D eigenvalue weighted by atomic mass is 16.5. The van der Waals surface area contributed by atoms with Crippen molar-refractivity contribution in [1.82, 2.24) is 0 Å². The maximum atomic E-state index is 12.6. The van der Waals surface area contributed by atoms with E-state index in [-0.39, 0.29) is 6.42 Å². The number of fused-ring (bicyclic) bond motifs is 3. The summed E-state index contributed by atoms with van der Waals surface area (Å²) in [4.78, 5) is 24.2. The molecule has 2 atom stereocenters. The van der Waals surface area contributed by atoms with Crippen LogP contribution in [0, 0.1) is 5.41 Å². The smallest absolute Gasteiger partial charge is 0.312 e. The number of hydrogen-bond donors (Lipinski definition) is 1. The molecule has 0 spiro atoms. The Labute approximate surface area is 158 Å². The van der Waals surface area contributed by atoms with Crippen LogP contribution < -0.4 is 9.47 Å². The third kappa shape index (κ3) is 2.99. The number of ether oxygens (including phenoxy) is 3. The van der Waals surface area contributed by atoms with E-state index in [0.717, 1.165) is 21.9 Å². The van der Waals surface area contributed by atoms with Crippen molar-refractivity contribution < 1.29 is 28.9 Å². The monoisotopic (exact) mass is 372 g/mol. The maximum Gasteiger partial charge on any atom is 0.312 e. The summed E-state index contributed by atoms with van der Waals surface area (Å²) < 4.78 is 16.2. The van der Waals surface area contributed by atoms with E-state index in [9.17, 15) is 14.7 Å². The Morgan fingerprint density at radius 2 is 1.89 bits per heavy atom. The standard InChI is InChI=1S/C21H24O6/c1-21(20(24)27-4)9-8-12-14(15(21)11-18(22)23)10-17(26-3)13-6-5-7-16(25-2)19(12)13/h5-7,10,15H,8-9,11H2,1-4H3,(H,22,23)/t15-,21+/m1/s1. The zero-order chi connectivity index (χ0) is 19.8. The van der Waals surface area contributed by atoms with Gasteiger partial charge in [0.2, 0.25) is 0 Å². The summed E-state index contributed by atoms with van der Waals surface area (Å²) in [5.41, 5.74) is 0.905. The van der Waals surface area contributed by atoms with Crippen LogP contribution in [0.2, 0.25) is 0 Å². The Morgan fingerprint density at radius 3 is 2.48 bits per heavy atom. The number of rotatable bonds is 5.